The summed E-state index contributed by atoms with van der Waals surface area (Å²) >= 11 is 0. The number of aryl methyl sites for hydroxylation is 1. The first-order valence-corrected chi connectivity index (χ1v) is 11.0. The predicted molar refractivity (Wildman–Crippen MR) is 128 cm³/mol. The molecule has 0 heterocycles. The second kappa shape index (κ2) is 12.8. The average molecular weight is 385 g/mol. The van der Waals surface area contributed by atoms with Crippen molar-refractivity contribution < 1.29 is 0 Å². The fourth-order valence-corrected chi connectivity index (χ4v) is 3.59. The highest BCUT2D eigenvalue weighted by atomic mass is 14.2. The quantitative estimate of drug-likeness (QED) is 0.283. The van der Waals surface area contributed by atoms with Gasteiger partial charge in [-0.2, -0.15) is 0 Å². The molecule has 1 aliphatic rings. The number of rotatable bonds is 4. The summed E-state index contributed by atoms with van der Waals surface area (Å²) in [4.78, 5) is 0. The number of allylic oxidation sites excluding steroid dienone is 3. The van der Waals surface area contributed by atoms with Gasteiger partial charge >= 0.3 is 0 Å². The standard InChI is InChI=1S/C22H24.C7H12/c1-17-3-7-19(8-4-17)9-10-20-11-15-22(16-12-20)21-13-5-18(2)6-14-21;1-3-5-7-6-4-2/h3-4,7-8,11-12,15-16,18,21H,5-6,13-14H2,1-2H3;3-4,6H,1,5,7H2,2H3/b;6-4+. The normalized spacial score (nSPS) is 18.3. The van der Waals surface area contributed by atoms with Crippen molar-refractivity contribution in [3.63, 3.8) is 0 Å². The molecule has 1 aliphatic carbocycles. The Kier molecular flexibility index (Phi) is 10.1. The molecule has 0 saturated heterocycles. The largest absolute Gasteiger partial charge is 0.103 e. The van der Waals surface area contributed by atoms with E-state index < -0.39 is 0 Å². The van der Waals surface area contributed by atoms with Crippen LogP contribution in [0.5, 0.6) is 0 Å². The van der Waals surface area contributed by atoms with Crippen LogP contribution >= 0.6 is 0 Å². The number of hydrogen-bond acceptors (Lipinski definition) is 0. The van der Waals surface area contributed by atoms with E-state index in [4.69, 9.17) is 0 Å². The van der Waals surface area contributed by atoms with Crippen molar-refractivity contribution in [2.24, 2.45) is 5.92 Å². The Hall–Kier alpha value is -2.52. The highest BCUT2D eigenvalue weighted by Crippen LogP contribution is 2.35. The Morgan fingerprint density at radius 2 is 1.41 bits per heavy atom. The molecule has 29 heavy (non-hydrogen) atoms. The van der Waals surface area contributed by atoms with E-state index in [9.17, 15) is 0 Å². The molecule has 0 atom stereocenters. The van der Waals surface area contributed by atoms with E-state index >= 15 is 0 Å². The van der Waals surface area contributed by atoms with E-state index in [1.807, 2.05) is 13.0 Å². The number of hydrogen-bond donors (Lipinski definition) is 0. The molecule has 0 aromatic heterocycles. The van der Waals surface area contributed by atoms with Crippen LogP contribution in [-0.4, -0.2) is 0 Å². The van der Waals surface area contributed by atoms with Crippen LogP contribution in [0.4, 0.5) is 0 Å². The zero-order valence-corrected chi connectivity index (χ0v) is 18.5. The van der Waals surface area contributed by atoms with Gasteiger partial charge in [-0.1, -0.05) is 79.7 Å². The van der Waals surface area contributed by atoms with Crippen molar-refractivity contribution in [1.29, 1.82) is 0 Å². The molecular weight excluding hydrogens is 348 g/mol. The van der Waals surface area contributed by atoms with Crippen molar-refractivity contribution in [1.82, 2.24) is 0 Å². The third-order valence-electron chi connectivity index (χ3n) is 5.57. The van der Waals surface area contributed by atoms with Crippen molar-refractivity contribution >= 4 is 0 Å². The Morgan fingerprint density at radius 1 is 0.862 bits per heavy atom. The van der Waals surface area contributed by atoms with Gasteiger partial charge < -0.3 is 0 Å². The molecule has 152 valence electrons. The van der Waals surface area contributed by atoms with Crippen LogP contribution in [0.3, 0.4) is 0 Å². The number of unbranched alkanes of at least 4 members (excludes halogenated alkanes) is 1. The van der Waals surface area contributed by atoms with E-state index in [1.54, 1.807) is 0 Å². The molecule has 0 unspecified atom stereocenters. The number of benzene rings is 2. The summed E-state index contributed by atoms with van der Waals surface area (Å²) in [5.41, 5.74) is 4.95. The molecule has 2 aromatic rings. The summed E-state index contributed by atoms with van der Waals surface area (Å²) in [6.45, 7) is 10.1. The molecule has 1 fully saturated rings. The first-order chi connectivity index (χ1) is 14.1. The maximum atomic E-state index is 3.60. The zero-order chi connectivity index (χ0) is 20.9. The van der Waals surface area contributed by atoms with Crippen molar-refractivity contribution in [3.05, 3.63) is 95.6 Å². The van der Waals surface area contributed by atoms with Crippen LogP contribution in [0.2, 0.25) is 0 Å². The molecule has 0 heteroatoms. The van der Waals surface area contributed by atoms with Crippen LogP contribution in [-0.2, 0) is 0 Å². The fraction of sp³-hybridized carbons (Fsp3) is 0.379. The van der Waals surface area contributed by atoms with Crippen molar-refractivity contribution in [3.8, 4) is 11.8 Å². The highest BCUT2D eigenvalue weighted by molar-refractivity contribution is 5.44. The third-order valence-corrected chi connectivity index (χ3v) is 5.57. The van der Waals surface area contributed by atoms with Crippen LogP contribution in [0.15, 0.2) is 73.3 Å². The summed E-state index contributed by atoms with van der Waals surface area (Å²) in [6, 6.07) is 17.3. The lowest BCUT2D eigenvalue weighted by molar-refractivity contribution is 0.348. The average Bonchev–Trinajstić information content (AvgIpc) is 2.75. The molecule has 3 rings (SSSR count). The van der Waals surface area contributed by atoms with Gasteiger partial charge in [0.15, 0.2) is 0 Å². The Bertz CT molecular complexity index is 801. The molecule has 1 saturated carbocycles. The first-order valence-electron chi connectivity index (χ1n) is 11.0. The van der Waals surface area contributed by atoms with E-state index in [2.05, 4.69) is 93.0 Å². The summed E-state index contributed by atoms with van der Waals surface area (Å²) in [6.07, 6.45) is 13.8. The van der Waals surface area contributed by atoms with E-state index in [-0.39, 0.29) is 0 Å². The maximum absolute atomic E-state index is 3.60. The molecule has 2 aromatic carbocycles. The van der Waals surface area contributed by atoms with E-state index in [0.29, 0.717) is 0 Å². The molecule has 0 aliphatic heterocycles. The molecule has 0 amide bonds. The zero-order valence-electron chi connectivity index (χ0n) is 18.5. The lowest BCUT2D eigenvalue weighted by atomic mass is 9.79. The summed E-state index contributed by atoms with van der Waals surface area (Å²) < 4.78 is 0. The van der Waals surface area contributed by atoms with Crippen LogP contribution in [0.25, 0.3) is 0 Å². The minimum Gasteiger partial charge on any atom is -0.103 e. The van der Waals surface area contributed by atoms with Crippen molar-refractivity contribution in [2.75, 3.05) is 0 Å². The Balaban J connectivity index is 0.000000370. The van der Waals surface area contributed by atoms with Gasteiger partial charge in [0.1, 0.15) is 0 Å². The van der Waals surface area contributed by atoms with Crippen molar-refractivity contribution in [2.45, 2.75) is 65.2 Å². The van der Waals surface area contributed by atoms with Crippen LogP contribution in [0.1, 0.15) is 80.5 Å². The van der Waals surface area contributed by atoms with Gasteiger partial charge in [-0.15, -0.1) is 6.58 Å². The first kappa shape index (κ1) is 22.8. The topological polar surface area (TPSA) is 0 Å². The second-order valence-corrected chi connectivity index (χ2v) is 8.13. The Labute approximate surface area is 178 Å². The lowest BCUT2D eigenvalue weighted by Gasteiger charge is -2.26. The van der Waals surface area contributed by atoms with E-state index in [1.165, 1.54) is 36.8 Å². The monoisotopic (exact) mass is 384 g/mol. The summed E-state index contributed by atoms with van der Waals surface area (Å²) in [7, 11) is 0. The minimum atomic E-state index is 0.760. The van der Waals surface area contributed by atoms with Crippen LogP contribution in [0, 0.1) is 24.7 Å². The second-order valence-electron chi connectivity index (χ2n) is 8.13. The van der Waals surface area contributed by atoms with Gasteiger partial charge in [-0.3, -0.25) is 0 Å². The predicted octanol–water partition coefficient (Wildman–Crippen LogP) is 8.22. The third kappa shape index (κ3) is 8.57. The lowest BCUT2D eigenvalue weighted by Crippen LogP contribution is -2.10. The molecule has 0 N–H and O–H groups in total. The molecule has 0 bridgehead atoms. The smallest absolute Gasteiger partial charge is 0.0249 e. The maximum Gasteiger partial charge on any atom is 0.0249 e. The van der Waals surface area contributed by atoms with Crippen LogP contribution < -0.4 is 0 Å². The van der Waals surface area contributed by atoms with Gasteiger partial charge in [0.25, 0.3) is 0 Å². The van der Waals surface area contributed by atoms with Gasteiger partial charge in [-0.25, -0.2) is 0 Å². The SMILES string of the molecule is C=CCC/C=C/C.Cc1ccc(C#Cc2ccc(C3CCC(C)CC3)cc2)cc1. The fourth-order valence-electron chi connectivity index (χ4n) is 3.59. The Morgan fingerprint density at radius 3 is 1.93 bits per heavy atom. The molecule has 0 radical (unpaired) electrons. The van der Waals surface area contributed by atoms with Gasteiger partial charge in [0.2, 0.25) is 0 Å². The molecule has 0 spiro atoms. The van der Waals surface area contributed by atoms with Gasteiger partial charge in [0.05, 0.1) is 0 Å². The molecular formula is C29H36. The summed E-state index contributed by atoms with van der Waals surface area (Å²) in [5, 5.41) is 0. The highest BCUT2D eigenvalue weighted by Gasteiger charge is 2.19. The summed E-state index contributed by atoms with van der Waals surface area (Å²) in [5.74, 6) is 8.18. The van der Waals surface area contributed by atoms with Gasteiger partial charge in [-0.05, 0) is 81.2 Å². The minimum absolute atomic E-state index is 0.760. The molecule has 0 nitrogen and oxygen atoms in total. The van der Waals surface area contributed by atoms with E-state index in [0.717, 1.165) is 35.8 Å². The van der Waals surface area contributed by atoms with Gasteiger partial charge in [0, 0.05) is 11.1 Å².